The van der Waals surface area contributed by atoms with Crippen LogP contribution in [0, 0.1) is 0 Å². The van der Waals surface area contributed by atoms with Crippen molar-refractivity contribution < 1.29 is 0 Å². The Morgan fingerprint density at radius 2 is 2.33 bits per heavy atom. The number of hydrogen-bond donors (Lipinski definition) is 0. The first-order chi connectivity index (χ1) is 4.27. The molecule has 0 aromatic rings. The predicted molar refractivity (Wildman–Crippen MR) is 36.7 cm³/mol. The molecular formula is C6H11N3. The fourth-order valence-corrected chi connectivity index (χ4v) is 0.925. The third-order valence-corrected chi connectivity index (χ3v) is 1.42. The van der Waals surface area contributed by atoms with E-state index >= 15 is 0 Å². The maximum atomic E-state index is 3.96. The molecule has 1 aliphatic rings. The molecule has 0 bridgehead atoms. The van der Waals surface area contributed by atoms with Crippen molar-refractivity contribution in [1.82, 2.24) is 0 Å². The van der Waals surface area contributed by atoms with Crippen LogP contribution in [0.3, 0.4) is 0 Å². The van der Waals surface area contributed by atoms with Gasteiger partial charge in [0.15, 0.2) is 0 Å². The second-order valence-electron chi connectivity index (χ2n) is 2.54. The molecular weight excluding hydrogens is 114 g/mol. The van der Waals surface area contributed by atoms with Crippen LogP contribution in [0.1, 0.15) is 26.7 Å². The predicted octanol–water partition coefficient (Wildman–Crippen LogP) is 2.00. The standard InChI is InChI=1S/C6H11N3/c1-3-4-6(2)5-7-9-8-6/h5H,3-4H2,1-2H3. The molecule has 3 heteroatoms. The summed E-state index contributed by atoms with van der Waals surface area (Å²) < 4.78 is 0. The molecule has 0 aliphatic carbocycles. The van der Waals surface area contributed by atoms with E-state index in [2.05, 4.69) is 22.4 Å². The maximum Gasteiger partial charge on any atom is 0.118 e. The molecule has 0 fully saturated rings. The van der Waals surface area contributed by atoms with Crippen molar-refractivity contribution in [2.24, 2.45) is 15.4 Å². The highest BCUT2D eigenvalue weighted by Crippen LogP contribution is 2.19. The lowest BCUT2D eigenvalue weighted by Gasteiger charge is -2.11. The van der Waals surface area contributed by atoms with Gasteiger partial charge in [-0.1, -0.05) is 13.3 Å². The lowest BCUT2D eigenvalue weighted by atomic mass is 10.00. The van der Waals surface area contributed by atoms with Gasteiger partial charge < -0.3 is 0 Å². The average molecular weight is 125 g/mol. The van der Waals surface area contributed by atoms with Gasteiger partial charge in [0.05, 0.1) is 6.21 Å². The molecule has 0 spiro atoms. The van der Waals surface area contributed by atoms with Crippen molar-refractivity contribution >= 4 is 6.21 Å². The summed E-state index contributed by atoms with van der Waals surface area (Å²) in [6, 6.07) is 0. The van der Waals surface area contributed by atoms with Crippen LogP contribution in [0.4, 0.5) is 0 Å². The molecule has 0 amide bonds. The summed E-state index contributed by atoms with van der Waals surface area (Å²) in [5, 5.41) is 11.2. The molecule has 0 aromatic carbocycles. The Morgan fingerprint density at radius 1 is 1.56 bits per heavy atom. The largest absolute Gasteiger partial charge is 0.157 e. The van der Waals surface area contributed by atoms with Crippen molar-refractivity contribution in [1.29, 1.82) is 0 Å². The van der Waals surface area contributed by atoms with Gasteiger partial charge >= 0.3 is 0 Å². The first-order valence-corrected chi connectivity index (χ1v) is 3.23. The maximum absolute atomic E-state index is 3.96. The molecule has 0 saturated heterocycles. The Labute approximate surface area is 54.9 Å². The Bertz CT molecular complexity index is 136. The highest BCUT2D eigenvalue weighted by atomic mass is 15.4. The quantitative estimate of drug-likeness (QED) is 0.541. The molecule has 0 aromatic heterocycles. The van der Waals surface area contributed by atoms with E-state index in [1.54, 1.807) is 6.21 Å². The van der Waals surface area contributed by atoms with Crippen LogP contribution in [0.15, 0.2) is 15.4 Å². The smallest absolute Gasteiger partial charge is 0.118 e. The summed E-state index contributed by atoms with van der Waals surface area (Å²) in [7, 11) is 0. The third-order valence-electron chi connectivity index (χ3n) is 1.42. The van der Waals surface area contributed by atoms with Crippen molar-refractivity contribution in [2.45, 2.75) is 32.2 Å². The lowest BCUT2D eigenvalue weighted by Crippen LogP contribution is -2.20. The van der Waals surface area contributed by atoms with Gasteiger partial charge in [0.2, 0.25) is 0 Å². The van der Waals surface area contributed by atoms with E-state index < -0.39 is 0 Å². The second-order valence-corrected chi connectivity index (χ2v) is 2.54. The van der Waals surface area contributed by atoms with E-state index in [9.17, 15) is 0 Å². The van der Waals surface area contributed by atoms with Crippen LogP contribution >= 0.6 is 0 Å². The molecule has 0 saturated carbocycles. The van der Waals surface area contributed by atoms with Crippen molar-refractivity contribution in [3.05, 3.63) is 0 Å². The highest BCUT2D eigenvalue weighted by Gasteiger charge is 2.22. The van der Waals surface area contributed by atoms with Crippen LogP contribution in [-0.2, 0) is 0 Å². The van der Waals surface area contributed by atoms with Crippen LogP contribution in [0.2, 0.25) is 0 Å². The van der Waals surface area contributed by atoms with Crippen molar-refractivity contribution in [2.75, 3.05) is 0 Å². The molecule has 0 N–H and O–H groups in total. The minimum absolute atomic E-state index is 0.0885. The van der Waals surface area contributed by atoms with Gasteiger partial charge in [-0.25, -0.2) is 0 Å². The second kappa shape index (κ2) is 2.25. The minimum Gasteiger partial charge on any atom is -0.157 e. The molecule has 9 heavy (non-hydrogen) atoms. The SMILES string of the molecule is CCCC1(C)C=NN=N1. The van der Waals surface area contributed by atoms with Crippen LogP contribution in [0.25, 0.3) is 0 Å². The van der Waals surface area contributed by atoms with Crippen molar-refractivity contribution in [3.8, 4) is 0 Å². The van der Waals surface area contributed by atoms with Gasteiger partial charge in [-0.15, -0.1) is 5.10 Å². The van der Waals surface area contributed by atoms with Crippen LogP contribution < -0.4 is 0 Å². The van der Waals surface area contributed by atoms with E-state index in [1.807, 2.05) is 6.92 Å². The van der Waals surface area contributed by atoms with Crippen molar-refractivity contribution in [3.63, 3.8) is 0 Å². The molecule has 1 unspecified atom stereocenters. The average Bonchev–Trinajstić information content (AvgIpc) is 2.16. The Kier molecular flexibility index (Phi) is 1.60. The minimum atomic E-state index is -0.0885. The normalized spacial score (nSPS) is 31.8. The zero-order chi connectivity index (χ0) is 6.74. The van der Waals surface area contributed by atoms with Gasteiger partial charge in [-0.2, -0.15) is 5.11 Å². The molecule has 50 valence electrons. The summed E-state index contributed by atoms with van der Waals surface area (Å²) in [5.74, 6) is 0. The van der Waals surface area contributed by atoms with E-state index in [1.165, 1.54) is 0 Å². The molecule has 0 radical (unpaired) electrons. The molecule has 1 aliphatic heterocycles. The molecule has 1 rings (SSSR count). The summed E-state index contributed by atoms with van der Waals surface area (Å²) >= 11 is 0. The monoisotopic (exact) mass is 125 g/mol. The van der Waals surface area contributed by atoms with Gasteiger partial charge in [0.25, 0.3) is 0 Å². The Balaban J connectivity index is 2.53. The Morgan fingerprint density at radius 3 is 2.78 bits per heavy atom. The number of rotatable bonds is 2. The van der Waals surface area contributed by atoms with E-state index in [-0.39, 0.29) is 5.54 Å². The molecule has 1 atom stereocenters. The van der Waals surface area contributed by atoms with E-state index in [4.69, 9.17) is 0 Å². The summed E-state index contributed by atoms with van der Waals surface area (Å²) in [4.78, 5) is 0. The Hall–Kier alpha value is -0.730. The van der Waals surface area contributed by atoms with Gasteiger partial charge in [-0.05, 0) is 18.6 Å². The van der Waals surface area contributed by atoms with Gasteiger partial charge in [0, 0.05) is 0 Å². The topological polar surface area (TPSA) is 37.1 Å². The summed E-state index contributed by atoms with van der Waals surface area (Å²) in [6.45, 7) is 4.17. The summed E-state index contributed by atoms with van der Waals surface area (Å²) in [6.07, 6.45) is 3.97. The van der Waals surface area contributed by atoms with Gasteiger partial charge in [-0.3, -0.25) is 0 Å². The summed E-state index contributed by atoms with van der Waals surface area (Å²) in [5.41, 5.74) is -0.0885. The molecule has 1 heterocycles. The van der Waals surface area contributed by atoms with E-state index in [0.29, 0.717) is 0 Å². The fraction of sp³-hybridized carbons (Fsp3) is 0.833. The van der Waals surface area contributed by atoms with Crippen LogP contribution in [-0.4, -0.2) is 11.8 Å². The fourth-order valence-electron chi connectivity index (χ4n) is 0.925. The zero-order valence-corrected chi connectivity index (χ0v) is 5.83. The highest BCUT2D eigenvalue weighted by molar-refractivity contribution is 5.70. The lowest BCUT2D eigenvalue weighted by molar-refractivity contribution is 0.560. The number of nitrogens with zero attached hydrogens (tertiary/aromatic N) is 3. The van der Waals surface area contributed by atoms with Gasteiger partial charge in [0.1, 0.15) is 5.54 Å². The first kappa shape index (κ1) is 6.39. The third kappa shape index (κ3) is 1.34. The van der Waals surface area contributed by atoms with Crippen LogP contribution in [0.5, 0.6) is 0 Å². The number of hydrogen-bond acceptors (Lipinski definition) is 3. The zero-order valence-electron chi connectivity index (χ0n) is 5.83. The first-order valence-electron chi connectivity index (χ1n) is 3.23. The van der Waals surface area contributed by atoms with E-state index in [0.717, 1.165) is 12.8 Å². The molecule has 3 nitrogen and oxygen atoms in total.